The van der Waals surface area contributed by atoms with Gasteiger partial charge in [-0.25, -0.2) is 0 Å². The number of aromatic nitrogens is 3. The highest BCUT2D eigenvalue weighted by Gasteiger charge is 2.16. The fraction of sp³-hybridized carbons (Fsp3) is 0.286. The lowest BCUT2D eigenvalue weighted by Gasteiger charge is -2.06. The first-order valence-corrected chi connectivity index (χ1v) is 6.23. The molecule has 5 nitrogen and oxygen atoms in total. The molecule has 0 aliphatic carbocycles. The highest BCUT2D eigenvalue weighted by Crippen LogP contribution is 2.26. The molecule has 1 aliphatic rings. The maximum atomic E-state index is 5.46. The third-order valence-corrected chi connectivity index (χ3v) is 3.11. The second kappa shape index (κ2) is 4.76. The summed E-state index contributed by atoms with van der Waals surface area (Å²) < 4.78 is 12.6. The van der Waals surface area contributed by atoms with Crippen molar-refractivity contribution in [1.82, 2.24) is 14.8 Å². The van der Waals surface area contributed by atoms with Gasteiger partial charge in [0.25, 0.3) is 0 Å². The van der Waals surface area contributed by atoms with E-state index in [1.165, 1.54) is 5.56 Å². The van der Waals surface area contributed by atoms with Gasteiger partial charge in [-0.3, -0.25) is 4.57 Å². The Bertz CT molecular complexity index is 632. The molecule has 19 heavy (non-hydrogen) atoms. The summed E-state index contributed by atoms with van der Waals surface area (Å²) in [4.78, 5) is 0. The molecule has 1 aromatic carbocycles. The number of hydrogen-bond acceptors (Lipinski definition) is 4. The van der Waals surface area contributed by atoms with E-state index in [1.54, 1.807) is 7.11 Å². The number of ether oxygens (including phenoxy) is 2. The molecule has 0 saturated heterocycles. The monoisotopic (exact) mass is 257 g/mol. The van der Waals surface area contributed by atoms with Crippen LogP contribution in [0.3, 0.4) is 0 Å². The standard InChI is InChI=1S/C14H15N3O2/c1-3-19-14-16-15-13-9-11-8-12(18-2)5-4-10(11)6-7-17(13)14/h4-8H,3,9H2,1-2H3. The molecule has 98 valence electrons. The van der Waals surface area contributed by atoms with E-state index in [2.05, 4.69) is 10.2 Å². The van der Waals surface area contributed by atoms with Crippen LogP contribution in [-0.4, -0.2) is 28.5 Å². The van der Waals surface area contributed by atoms with Gasteiger partial charge in [-0.15, -0.1) is 5.10 Å². The molecule has 2 aromatic rings. The molecule has 0 atom stereocenters. The molecule has 3 rings (SSSR count). The maximum Gasteiger partial charge on any atom is 0.321 e. The highest BCUT2D eigenvalue weighted by molar-refractivity contribution is 5.67. The first-order valence-electron chi connectivity index (χ1n) is 6.23. The van der Waals surface area contributed by atoms with Gasteiger partial charge in [-0.2, -0.15) is 0 Å². The Morgan fingerprint density at radius 1 is 1.32 bits per heavy atom. The van der Waals surface area contributed by atoms with E-state index in [0.29, 0.717) is 19.0 Å². The van der Waals surface area contributed by atoms with Crippen molar-refractivity contribution in [2.24, 2.45) is 0 Å². The quantitative estimate of drug-likeness (QED) is 0.722. The Balaban J connectivity index is 2.03. The molecule has 1 aromatic heterocycles. The summed E-state index contributed by atoms with van der Waals surface area (Å²) in [6.07, 6.45) is 4.69. The molecule has 0 radical (unpaired) electrons. The van der Waals surface area contributed by atoms with Gasteiger partial charge < -0.3 is 9.47 Å². The molecule has 0 fully saturated rings. The van der Waals surface area contributed by atoms with Crippen LogP contribution >= 0.6 is 0 Å². The fourth-order valence-corrected chi connectivity index (χ4v) is 2.16. The molecule has 0 saturated carbocycles. The third-order valence-electron chi connectivity index (χ3n) is 3.11. The number of fused-ring (bicyclic) bond motifs is 2. The second-order valence-corrected chi connectivity index (χ2v) is 4.26. The SMILES string of the molecule is CCOc1nnc2n1C=Cc1ccc(OC)cc1C2. The smallest absolute Gasteiger partial charge is 0.321 e. The van der Waals surface area contributed by atoms with Crippen LogP contribution in [0.4, 0.5) is 0 Å². The molecular weight excluding hydrogens is 242 g/mol. The van der Waals surface area contributed by atoms with Crippen molar-refractivity contribution in [1.29, 1.82) is 0 Å². The zero-order chi connectivity index (χ0) is 13.2. The maximum absolute atomic E-state index is 5.46. The average molecular weight is 257 g/mol. The van der Waals surface area contributed by atoms with Crippen LogP contribution in [0.25, 0.3) is 12.3 Å². The van der Waals surface area contributed by atoms with E-state index < -0.39 is 0 Å². The lowest BCUT2D eigenvalue weighted by molar-refractivity contribution is 0.307. The van der Waals surface area contributed by atoms with Crippen LogP contribution in [0.15, 0.2) is 18.2 Å². The zero-order valence-electron chi connectivity index (χ0n) is 11.0. The van der Waals surface area contributed by atoms with Crippen LogP contribution in [0.1, 0.15) is 23.9 Å². The molecule has 0 N–H and O–H groups in total. The van der Waals surface area contributed by atoms with E-state index in [9.17, 15) is 0 Å². The first-order chi connectivity index (χ1) is 9.31. The summed E-state index contributed by atoms with van der Waals surface area (Å²) in [6, 6.07) is 6.57. The van der Waals surface area contributed by atoms with Gasteiger partial charge in [-0.1, -0.05) is 11.2 Å². The van der Waals surface area contributed by atoms with Crippen LogP contribution in [-0.2, 0) is 6.42 Å². The molecule has 2 heterocycles. The van der Waals surface area contributed by atoms with Gasteiger partial charge in [0.05, 0.1) is 13.7 Å². The summed E-state index contributed by atoms with van der Waals surface area (Å²) in [6.45, 7) is 2.51. The Labute approximate surface area is 111 Å². The average Bonchev–Trinajstić information content (AvgIpc) is 2.70. The van der Waals surface area contributed by atoms with E-state index in [0.717, 1.165) is 17.1 Å². The lowest BCUT2D eigenvalue weighted by Crippen LogP contribution is -2.01. The number of nitrogens with zero attached hydrogens (tertiary/aromatic N) is 3. The van der Waals surface area contributed by atoms with E-state index in [4.69, 9.17) is 9.47 Å². The van der Waals surface area contributed by atoms with Crippen molar-refractivity contribution >= 4 is 12.3 Å². The number of benzene rings is 1. The number of rotatable bonds is 3. The van der Waals surface area contributed by atoms with Gasteiger partial charge in [0.2, 0.25) is 0 Å². The normalized spacial score (nSPS) is 12.5. The van der Waals surface area contributed by atoms with Crippen molar-refractivity contribution in [3.8, 4) is 11.8 Å². The van der Waals surface area contributed by atoms with Gasteiger partial charge in [0.15, 0.2) is 0 Å². The van der Waals surface area contributed by atoms with Crippen LogP contribution in [0.2, 0.25) is 0 Å². The van der Waals surface area contributed by atoms with Crippen molar-refractivity contribution in [3.63, 3.8) is 0 Å². The van der Waals surface area contributed by atoms with Crippen molar-refractivity contribution < 1.29 is 9.47 Å². The minimum atomic E-state index is 0.536. The molecule has 0 amide bonds. The Hall–Kier alpha value is -2.30. The van der Waals surface area contributed by atoms with Crippen LogP contribution in [0, 0.1) is 0 Å². The first kappa shape index (κ1) is 11.8. The molecule has 0 spiro atoms. The summed E-state index contributed by atoms with van der Waals surface area (Å²) in [7, 11) is 1.67. The van der Waals surface area contributed by atoms with Gasteiger partial charge >= 0.3 is 6.01 Å². The van der Waals surface area contributed by atoms with Gasteiger partial charge in [0.1, 0.15) is 11.6 Å². The Morgan fingerprint density at radius 3 is 3.00 bits per heavy atom. The van der Waals surface area contributed by atoms with E-state index in [-0.39, 0.29) is 0 Å². The second-order valence-electron chi connectivity index (χ2n) is 4.26. The molecule has 1 aliphatic heterocycles. The largest absolute Gasteiger partial charge is 0.497 e. The van der Waals surface area contributed by atoms with E-state index in [1.807, 2.05) is 42.0 Å². The summed E-state index contributed by atoms with van der Waals surface area (Å²) in [5.41, 5.74) is 2.33. The minimum Gasteiger partial charge on any atom is -0.497 e. The minimum absolute atomic E-state index is 0.536. The van der Waals surface area contributed by atoms with Crippen LogP contribution in [0.5, 0.6) is 11.8 Å². The van der Waals surface area contributed by atoms with Crippen LogP contribution < -0.4 is 9.47 Å². The van der Waals surface area contributed by atoms with Gasteiger partial charge in [0, 0.05) is 12.6 Å². The van der Waals surface area contributed by atoms with Crippen molar-refractivity contribution in [3.05, 3.63) is 35.2 Å². The highest BCUT2D eigenvalue weighted by atomic mass is 16.5. The zero-order valence-corrected chi connectivity index (χ0v) is 11.0. The summed E-state index contributed by atoms with van der Waals surface area (Å²) in [5.74, 6) is 1.72. The Kier molecular flexibility index (Phi) is 2.95. The van der Waals surface area contributed by atoms with E-state index >= 15 is 0 Å². The van der Waals surface area contributed by atoms with Crippen molar-refractivity contribution in [2.45, 2.75) is 13.3 Å². The van der Waals surface area contributed by atoms with Gasteiger partial charge in [-0.05, 0) is 36.3 Å². The summed E-state index contributed by atoms with van der Waals surface area (Å²) in [5, 5.41) is 8.24. The number of methoxy groups -OCH3 is 1. The molecule has 5 heteroatoms. The number of hydrogen-bond donors (Lipinski definition) is 0. The summed E-state index contributed by atoms with van der Waals surface area (Å²) >= 11 is 0. The predicted molar refractivity (Wildman–Crippen MR) is 72.2 cm³/mol. The fourth-order valence-electron chi connectivity index (χ4n) is 2.16. The lowest BCUT2D eigenvalue weighted by atomic mass is 10.0. The Morgan fingerprint density at radius 2 is 2.21 bits per heavy atom. The predicted octanol–water partition coefficient (Wildman–Crippen LogP) is 2.22. The third kappa shape index (κ3) is 2.07. The molecule has 0 unspecified atom stereocenters. The van der Waals surface area contributed by atoms with Crippen molar-refractivity contribution in [2.75, 3.05) is 13.7 Å². The molecular formula is C14H15N3O2. The topological polar surface area (TPSA) is 49.2 Å². The molecule has 0 bridgehead atoms.